The molecule has 80 heavy (non-hydrogen) atoms. The second kappa shape index (κ2) is 21.3. The Bertz CT molecular complexity index is 3980. The fourth-order valence-electron chi connectivity index (χ4n) is 11.4. The molecule has 10 rings (SSSR count). The van der Waals surface area contributed by atoms with E-state index in [-0.39, 0.29) is 49.5 Å². The zero-order valence-electron chi connectivity index (χ0n) is 49.6. The van der Waals surface area contributed by atoms with Crippen LogP contribution in [0.2, 0.25) is 0 Å². The van der Waals surface area contributed by atoms with Gasteiger partial charge in [-0.3, -0.25) is 9.55 Å². The maximum absolute atomic E-state index is 13.0. The maximum Gasteiger partial charge on any atom is 0.148 e. The van der Waals surface area contributed by atoms with Crippen molar-refractivity contribution in [2.45, 2.75) is 144 Å². The minimum atomic E-state index is -0.581. The van der Waals surface area contributed by atoms with Gasteiger partial charge in [0.2, 0.25) is 0 Å². The third-order valence-corrected chi connectivity index (χ3v) is 15.7. The summed E-state index contributed by atoms with van der Waals surface area (Å²) in [7, 11) is 0. The molecule has 1 N–H and O–H groups in total. The Hall–Kier alpha value is -7.32. The van der Waals surface area contributed by atoms with Crippen molar-refractivity contribution in [3.8, 4) is 79.3 Å². The van der Waals surface area contributed by atoms with E-state index in [0.29, 0.717) is 22.5 Å². The van der Waals surface area contributed by atoms with Gasteiger partial charge in [-0.25, -0.2) is 4.98 Å². The molecule has 0 radical (unpaired) electrons. The van der Waals surface area contributed by atoms with E-state index < -0.39 is 10.8 Å². The van der Waals surface area contributed by atoms with Gasteiger partial charge < -0.3 is 9.67 Å². The predicted octanol–water partition coefficient (Wildman–Crippen LogP) is 19.5. The largest absolute Gasteiger partial charge is 0.507 e. The van der Waals surface area contributed by atoms with Gasteiger partial charge in [-0.05, 0) is 121 Å². The number of benzene rings is 8. The molecule has 0 saturated heterocycles. The number of phenols is 1. The van der Waals surface area contributed by atoms with Gasteiger partial charge in [-0.1, -0.05) is 213 Å². The molecule has 0 aliphatic heterocycles. The van der Waals surface area contributed by atoms with Crippen molar-refractivity contribution >= 4 is 22.1 Å². The number of phenolic OH excluding ortho intramolecular Hbond substituents is 1. The molecular weight excluding hydrogens is 1160 g/mol. The fourth-order valence-corrected chi connectivity index (χ4v) is 11.4. The van der Waals surface area contributed by atoms with Crippen molar-refractivity contribution in [2.24, 2.45) is 0 Å². The van der Waals surface area contributed by atoms with E-state index in [1.165, 1.54) is 16.7 Å². The summed E-state index contributed by atoms with van der Waals surface area (Å²) in [6.07, 6.45) is 0. The minimum absolute atomic E-state index is 0. The quantitative estimate of drug-likeness (QED) is 0.146. The Balaban J connectivity index is 0.00000774. The van der Waals surface area contributed by atoms with Crippen LogP contribution in [0.1, 0.15) is 162 Å². The van der Waals surface area contributed by atoms with Crippen molar-refractivity contribution in [3.05, 3.63) is 197 Å². The van der Waals surface area contributed by atoms with E-state index in [9.17, 15) is 10.4 Å². The summed E-state index contributed by atoms with van der Waals surface area (Å²) in [4.78, 5) is 11.3. The van der Waals surface area contributed by atoms with Gasteiger partial charge in [0.1, 0.15) is 11.6 Å². The number of fused-ring (bicyclic) bond motifs is 2. The van der Waals surface area contributed by atoms with Gasteiger partial charge in [0.15, 0.2) is 0 Å². The van der Waals surface area contributed by atoms with Crippen molar-refractivity contribution in [1.29, 1.82) is 5.26 Å². The number of rotatable bonds is 9. The summed E-state index contributed by atoms with van der Waals surface area (Å²) in [5.41, 5.74) is 18.8. The number of hydrogen-bond acceptors (Lipinski definition) is 4. The predicted molar refractivity (Wildman–Crippen MR) is 331 cm³/mol. The van der Waals surface area contributed by atoms with Gasteiger partial charge in [-0.15, -0.1) is 29.3 Å². The molecule has 2 heterocycles. The van der Waals surface area contributed by atoms with E-state index in [2.05, 4.69) is 278 Å². The summed E-state index contributed by atoms with van der Waals surface area (Å²) < 4.78 is 4.64. The van der Waals surface area contributed by atoms with Crippen molar-refractivity contribution in [1.82, 2.24) is 19.1 Å². The summed E-state index contributed by atoms with van der Waals surface area (Å²) in [5.74, 6) is 1.69. The van der Waals surface area contributed by atoms with Gasteiger partial charge in [-0.2, -0.15) is 5.26 Å². The molecule has 6 nitrogen and oxygen atoms in total. The Morgan fingerprint density at radius 1 is 0.500 bits per heavy atom. The van der Waals surface area contributed by atoms with Crippen LogP contribution in [0.5, 0.6) is 5.75 Å². The summed E-state index contributed by atoms with van der Waals surface area (Å²) in [6.45, 7) is 35.3. The molecule has 0 amide bonds. The van der Waals surface area contributed by atoms with Gasteiger partial charge in [0.25, 0.3) is 0 Å². The smallest absolute Gasteiger partial charge is 0.148 e. The summed E-state index contributed by atoms with van der Waals surface area (Å²) >= 11 is 0. The van der Waals surface area contributed by atoms with Crippen LogP contribution in [-0.4, -0.2) is 24.2 Å². The molecule has 0 unspecified atom stereocenters. The van der Waals surface area contributed by atoms with E-state index in [0.717, 1.165) is 89.3 Å². The van der Waals surface area contributed by atoms with Crippen LogP contribution in [0.4, 0.5) is 0 Å². The third kappa shape index (κ3) is 10.5. The van der Waals surface area contributed by atoms with Crippen molar-refractivity contribution in [3.63, 3.8) is 0 Å². The average Bonchev–Trinajstić information content (AvgIpc) is 4.21. The summed E-state index contributed by atoms with van der Waals surface area (Å²) in [6, 6.07) is 60.9. The first kappa shape index (κ1) is 57.4. The molecule has 7 heteroatoms. The molecular formula is C73H76N5OPt-. The van der Waals surface area contributed by atoms with Crippen LogP contribution in [0.15, 0.2) is 152 Å². The number of nitrogens with zero attached hydrogens (tertiary/aromatic N) is 5. The average molecular weight is 1230 g/mol. The van der Waals surface area contributed by atoms with Crippen LogP contribution in [-0.2, 0) is 42.7 Å². The molecule has 8 aromatic carbocycles. The van der Waals surface area contributed by atoms with Gasteiger partial charge >= 0.3 is 0 Å². The molecule has 0 aliphatic rings. The topological polar surface area (TPSA) is 79.7 Å². The third-order valence-electron chi connectivity index (χ3n) is 15.7. The van der Waals surface area contributed by atoms with Crippen LogP contribution >= 0.6 is 0 Å². The SMILES string of the molecule is CC(C)c1cc(-c2ccccc2)cc(C(C)C)c1-n1c(-c2cc(C(C)(C)C)c(C#N)c(C(C)(C)C)c2O)nc2c(-c3[c-]c(-c4nc5ccccc5n4-c4ccc(C(C)(C)C)cc4-c4ccccc4)cc(C(C)(C)C)c3)cccc21.[Pt]. The van der Waals surface area contributed by atoms with Crippen molar-refractivity contribution in [2.75, 3.05) is 0 Å². The summed E-state index contributed by atoms with van der Waals surface area (Å²) in [5, 5.41) is 24.0. The molecule has 410 valence electrons. The second-order valence-electron chi connectivity index (χ2n) is 26.4. The monoisotopic (exact) mass is 1230 g/mol. The Labute approximate surface area is 489 Å². The molecule has 0 spiro atoms. The standard InChI is InChI=1S/C73H76N5O.Pt/c1-44(2)54-39-48(46-26-19-17-20-27-46)40-55(45(3)4)66(54)78-63-33-25-30-53(65(63)76-69(78)57-42-59(72(11,12)13)58(43-74)64(67(57)79)73(14,15)16)49-36-50(38-52(37-49)71(8,9)10)68-75-60-31-23-24-32-62(60)77(68)61-35-34-51(70(5,6)7)41-56(61)47-28-21-18-22-29-47;/h17-35,37-42,44-45,79H,1-16H3;/q-1;. The number of aromatic hydroxyl groups is 1. The number of para-hydroxylation sites is 3. The van der Waals surface area contributed by atoms with Crippen LogP contribution in [0.25, 0.3) is 89.6 Å². The zero-order valence-corrected chi connectivity index (χ0v) is 51.9. The molecule has 10 aromatic rings. The molecule has 0 saturated carbocycles. The second-order valence-corrected chi connectivity index (χ2v) is 26.4. The van der Waals surface area contributed by atoms with E-state index >= 15 is 0 Å². The van der Waals surface area contributed by atoms with Crippen LogP contribution < -0.4 is 0 Å². The fraction of sp³-hybridized carbons (Fsp3) is 0.301. The molecule has 0 aliphatic carbocycles. The van der Waals surface area contributed by atoms with E-state index in [1.807, 2.05) is 6.07 Å². The van der Waals surface area contributed by atoms with Gasteiger partial charge in [0.05, 0.1) is 50.8 Å². The molecule has 0 bridgehead atoms. The number of hydrogen-bond donors (Lipinski definition) is 1. The maximum atomic E-state index is 13.0. The number of aromatic nitrogens is 4. The normalized spacial score (nSPS) is 12.4. The Morgan fingerprint density at radius 2 is 1.07 bits per heavy atom. The number of nitriles is 1. The Morgan fingerprint density at radius 3 is 1.65 bits per heavy atom. The van der Waals surface area contributed by atoms with E-state index in [1.54, 1.807) is 0 Å². The minimum Gasteiger partial charge on any atom is -0.507 e. The Kier molecular flexibility index (Phi) is 15.3. The first-order valence-corrected chi connectivity index (χ1v) is 28.1. The van der Waals surface area contributed by atoms with Crippen molar-refractivity contribution < 1.29 is 26.2 Å². The molecule has 0 atom stereocenters. The van der Waals surface area contributed by atoms with Crippen LogP contribution in [0.3, 0.4) is 0 Å². The van der Waals surface area contributed by atoms with E-state index in [4.69, 9.17) is 9.97 Å². The van der Waals surface area contributed by atoms with Gasteiger partial charge in [0, 0.05) is 37.9 Å². The molecule has 0 fully saturated rings. The first-order chi connectivity index (χ1) is 37.3. The number of imidazole rings is 2. The first-order valence-electron chi connectivity index (χ1n) is 28.1. The molecule has 2 aromatic heterocycles. The zero-order chi connectivity index (χ0) is 56.7. The van der Waals surface area contributed by atoms with Crippen LogP contribution in [0, 0.1) is 17.4 Å².